The Labute approximate surface area is 178 Å². The van der Waals surface area contributed by atoms with Crippen LogP contribution < -0.4 is 24.6 Å². The smallest absolute Gasteiger partial charge is 0.344 e. The van der Waals surface area contributed by atoms with E-state index in [1.165, 1.54) is 34.1 Å². The molecule has 0 aliphatic rings. The summed E-state index contributed by atoms with van der Waals surface area (Å²) in [5, 5.41) is 0.424. The number of methoxy groups -OCH3 is 2. The molecule has 0 saturated heterocycles. The molecule has 3 rings (SSSR count). The first-order valence-electron chi connectivity index (χ1n) is 9.38. The first-order chi connectivity index (χ1) is 14.7. The zero-order valence-electron chi connectivity index (χ0n) is 18.1. The van der Waals surface area contributed by atoms with E-state index in [-0.39, 0.29) is 22.6 Å². The first-order valence-corrected chi connectivity index (χ1v) is 9.38. The van der Waals surface area contributed by atoms with Crippen molar-refractivity contribution in [1.29, 1.82) is 0 Å². The highest BCUT2D eigenvalue weighted by Gasteiger charge is 2.23. The molecule has 0 aliphatic carbocycles. The zero-order valence-corrected chi connectivity index (χ0v) is 18.1. The fourth-order valence-electron chi connectivity index (χ4n) is 3.44. The predicted octanol–water partition coefficient (Wildman–Crippen LogP) is 3.94. The minimum Gasteiger partial charge on any atom is -0.493 e. The second kappa shape index (κ2) is 8.51. The summed E-state index contributed by atoms with van der Waals surface area (Å²) in [5.41, 5.74) is 1.35. The summed E-state index contributed by atoms with van der Waals surface area (Å²) in [6.07, 6.45) is 0. The van der Waals surface area contributed by atoms with Gasteiger partial charge >= 0.3 is 17.6 Å². The van der Waals surface area contributed by atoms with Crippen LogP contribution in [0.2, 0.25) is 0 Å². The van der Waals surface area contributed by atoms with Crippen LogP contribution in [-0.4, -0.2) is 26.2 Å². The molecule has 0 fully saturated rings. The third-order valence-corrected chi connectivity index (χ3v) is 4.77. The Morgan fingerprint density at radius 3 is 2.00 bits per heavy atom. The molecule has 0 bridgehead atoms. The van der Waals surface area contributed by atoms with Crippen LogP contribution in [0.3, 0.4) is 0 Å². The Kier molecular flexibility index (Phi) is 6.01. The van der Waals surface area contributed by atoms with E-state index in [0.717, 1.165) is 0 Å². The third-order valence-electron chi connectivity index (χ3n) is 4.77. The van der Waals surface area contributed by atoms with Crippen LogP contribution in [0.1, 0.15) is 25.0 Å². The minimum absolute atomic E-state index is 0.118. The molecule has 162 valence electrons. The van der Waals surface area contributed by atoms with Crippen LogP contribution in [0.15, 0.2) is 33.5 Å². The van der Waals surface area contributed by atoms with Gasteiger partial charge in [0, 0.05) is 25.5 Å². The molecule has 0 spiro atoms. The van der Waals surface area contributed by atoms with Crippen molar-refractivity contribution in [3.63, 3.8) is 0 Å². The molecule has 31 heavy (non-hydrogen) atoms. The van der Waals surface area contributed by atoms with Crippen molar-refractivity contribution >= 4 is 22.9 Å². The summed E-state index contributed by atoms with van der Waals surface area (Å²) in [7, 11) is 3.01. The molecule has 8 nitrogen and oxygen atoms in total. The van der Waals surface area contributed by atoms with Crippen molar-refractivity contribution in [3.8, 4) is 34.1 Å². The maximum Gasteiger partial charge on any atom is 0.344 e. The molecule has 0 radical (unpaired) electrons. The number of ether oxygens (including phenoxy) is 4. The van der Waals surface area contributed by atoms with Gasteiger partial charge in [0.25, 0.3) is 0 Å². The van der Waals surface area contributed by atoms with Crippen molar-refractivity contribution in [3.05, 3.63) is 45.8 Å². The number of fused-ring (bicyclic) bond motifs is 1. The molecule has 1 heterocycles. The molecule has 0 saturated carbocycles. The van der Waals surface area contributed by atoms with Gasteiger partial charge in [0.05, 0.1) is 25.2 Å². The summed E-state index contributed by atoms with van der Waals surface area (Å²) in [6, 6.07) is 6.48. The number of rotatable bonds is 5. The summed E-state index contributed by atoms with van der Waals surface area (Å²) < 4.78 is 26.8. The molecule has 8 heteroatoms. The zero-order chi connectivity index (χ0) is 22.9. The minimum atomic E-state index is -0.603. The highest BCUT2D eigenvalue weighted by Crippen LogP contribution is 2.40. The van der Waals surface area contributed by atoms with Crippen molar-refractivity contribution < 1.29 is 33.0 Å². The topological polar surface area (TPSA) is 101 Å². The highest BCUT2D eigenvalue weighted by molar-refractivity contribution is 5.96. The van der Waals surface area contributed by atoms with E-state index in [0.29, 0.717) is 33.6 Å². The molecule has 0 N–H and O–H groups in total. The fraction of sp³-hybridized carbons (Fsp3) is 0.261. The van der Waals surface area contributed by atoms with E-state index in [2.05, 4.69) is 0 Å². The molecule has 0 amide bonds. The van der Waals surface area contributed by atoms with E-state index >= 15 is 0 Å². The Bertz CT molecular complexity index is 1250. The van der Waals surface area contributed by atoms with E-state index in [4.69, 9.17) is 23.4 Å². The van der Waals surface area contributed by atoms with Crippen LogP contribution in [0.4, 0.5) is 0 Å². The van der Waals surface area contributed by atoms with E-state index in [1.807, 2.05) is 0 Å². The SMILES string of the molecule is COc1ccc(-c2c(C)c3c(OC(C)=O)cc(OC(C)=O)c(C)c3oc2=O)cc1OC. The number of benzene rings is 2. The van der Waals surface area contributed by atoms with Gasteiger partial charge in [-0.2, -0.15) is 0 Å². The molecule has 0 atom stereocenters. The normalized spacial score (nSPS) is 10.6. The lowest BCUT2D eigenvalue weighted by Crippen LogP contribution is -2.11. The van der Waals surface area contributed by atoms with Crippen LogP contribution in [0, 0.1) is 13.8 Å². The van der Waals surface area contributed by atoms with E-state index in [1.54, 1.807) is 32.0 Å². The third kappa shape index (κ3) is 4.09. The van der Waals surface area contributed by atoms with Crippen LogP contribution in [0.5, 0.6) is 23.0 Å². The number of carbonyl (C=O) groups is 2. The van der Waals surface area contributed by atoms with Crippen LogP contribution in [0.25, 0.3) is 22.1 Å². The van der Waals surface area contributed by atoms with Gasteiger partial charge in [-0.1, -0.05) is 6.07 Å². The standard InChI is InChI=1S/C23H22O8/c1-11-17(29-13(3)24)10-19(30-14(4)25)21-12(2)20(23(26)31-22(11)21)15-7-8-16(27-5)18(9-15)28-6/h7-10H,1-6H3. The maximum absolute atomic E-state index is 13.0. The summed E-state index contributed by atoms with van der Waals surface area (Å²) in [5.74, 6) is 0.0801. The van der Waals surface area contributed by atoms with Gasteiger partial charge in [0.1, 0.15) is 17.1 Å². The Morgan fingerprint density at radius 1 is 0.806 bits per heavy atom. The monoisotopic (exact) mass is 426 g/mol. The van der Waals surface area contributed by atoms with Crippen LogP contribution >= 0.6 is 0 Å². The van der Waals surface area contributed by atoms with Gasteiger partial charge < -0.3 is 23.4 Å². The summed E-state index contributed by atoms with van der Waals surface area (Å²) in [4.78, 5) is 36.2. The van der Waals surface area contributed by atoms with Crippen molar-refractivity contribution in [1.82, 2.24) is 0 Å². The van der Waals surface area contributed by atoms with E-state index in [9.17, 15) is 14.4 Å². The Hall–Kier alpha value is -3.81. The van der Waals surface area contributed by atoms with E-state index < -0.39 is 17.6 Å². The molecular weight excluding hydrogens is 404 g/mol. The first kappa shape index (κ1) is 21.9. The lowest BCUT2D eigenvalue weighted by Gasteiger charge is -2.16. The molecule has 0 unspecified atom stereocenters. The van der Waals surface area contributed by atoms with Gasteiger partial charge in [-0.05, 0) is 37.1 Å². The van der Waals surface area contributed by atoms with Crippen LogP contribution in [-0.2, 0) is 9.59 Å². The van der Waals surface area contributed by atoms with Gasteiger partial charge in [-0.15, -0.1) is 0 Å². The summed E-state index contributed by atoms with van der Waals surface area (Å²) in [6.45, 7) is 5.87. The number of carbonyl (C=O) groups excluding carboxylic acids is 2. The average Bonchev–Trinajstić information content (AvgIpc) is 2.70. The number of hydrogen-bond donors (Lipinski definition) is 0. The molecular formula is C23H22O8. The molecule has 3 aromatic rings. The lowest BCUT2D eigenvalue weighted by atomic mass is 9.97. The van der Waals surface area contributed by atoms with Gasteiger partial charge in [-0.25, -0.2) is 4.79 Å². The quantitative estimate of drug-likeness (QED) is 0.343. The van der Waals surface area contributed by atoms with Crippen molar-refractivity contribution in [2.45, 2.75) is 27.7 Å². The number of aryl methyl sites for hydroxylation is 2. The van der Waals surface area contributed by atoms with Gasteiger partial charge in [0.2, 0.25) is 0 Å². The molecule has 2 aromatic carbocycles. The Balaban J connectivity index is 2.38. The number of hydrogen-bond acceptors (Lipinski definition) is 8. The summed E-state index contributed by atoms with van der Waals surface area (Å²) >= 11 is 0. The fourth-order valence-corrected chi connectivity index (χ4v) is 3.44. The van der Waals surface area contributed by atoms with Gasteiger partial charge in [0.15, 0.2) is 11.5 Å². The Morgan fingerprint density at radius 2 is 1.42 bits per heavy atom. The van der Waals surface area contributed by atoms with Crippen molar-refractivity contribution in [2.75, 3.05) is 14.2 Å². The highest BCUT2D eigenvalue weighted by atomic mass is 16.5. The largest absolute Gasteiger partial charge is 0.493 e. The predicted molar refractivity (Wildman–Crippen MR) is 113 cm³/mol. The molecule has 1 aromatic heterocycles. The lowest BCUT2D eigenvalue weighted by molar-refractivity contribution is -0.132. The average molecular weight is 426 g/mol. The number of esters is 2. The van der Waals surface area contributed by atoms with Gasteiger partial charge in [-0.3, -0.25) is 9.59 Å². The second-order valence-electron chi connectivity index (χ2n) is 6.85. The molecule has 0 aliphatic heterocycles. The second-order valence-corrected chi connectivity index (χ2v) is 6.85. The maximum atomic E-state index is 13.0. The van der Waals surface area contributed by atoms with Crippen molar-refractivity contribution in [2.24, 2.45) is 0 Å².